The summed E-state index contributed by atoms with van der Waals surface area (Å²) in [5.41, 5.74) is 1.61. The Hall–Kier alpha value is -2.41. The molecule has 2 aromatic carbocycles. The predicted molar refractivity (Wildman–Crippen MR) is 101 cm³/mol. The Morgan fingerprint density at radius 2 is 1.88 bits per heavy atom. The zero-order valence-corrected chi connectivity index (χ0v) is 14.9. The van der Waals surface area contributed by atoms with Gasteiger partial charge in [0.1, 0.15) is 5.75 Å². The van der Waals surface area contributed by atoms with Crippen molar-refractivity contribution in [1.82, 2.24) is 10.3 Å². The standard InChI is InChI=1S/C19H15IN2O2/c20-16-9-7-15(8-10-16)19(23)22-13-14-4-3-5-17(12-14)24-18-6-1-2-11-21-18/h1-12H,13H2,(H,22,23). The molecular formula is C19H15IN2O2. The number of halogens is 1. The van der Waals surface area contributed by atoms with Crippen LogP contribution in [-0.4, -0.2) is 10.9 Å². The van der Waals surface area contributed by atoms with Gasteiger partial charge in [-0.05, 0) is 70.6 Å². The molecule has 1 amide bonds. The minimum atomic E-state index is -0.0950. The van der Waals surface area contributed by atoms with Crippen LogP contribution in [0.15, 0.2) is 72.9 Å². The maximum atomic E-state index is 12.2. The van der Waals surface area contributed by atoms with Crippen LogP contribution >= 0.6 is 22.6 Å². The van der Waals surface area contributed by atoms with Gasteiger partial charge >= 0.3 is 0 Å². The molecule has 0 radical (unpaired) electrons. The fourth-order valence-corrected chi connectivity index (χ4v) is 2.49. The van der Waals surface area contributed by atoms with Gasteiger partial charge in [-0.1, -0.05) is 18.2 Å². The van der Waals surface area contributed by atoms with Crippen LogP contribution in [0.2, 0.25) is 0 Å². The highest BCUT2D eigenvalue weighted by Crippen LogP contribution is 2.20. The van der Waals surface area contributed by atoms with Crippen molar-refractivity contribution in [2.24, 2.45) is 0 Å². The van der Waals surface area contributed by atoms with E-state index in [9.17, 15) is 4.79 Å². The molecule has 0 atom stereocenters. The molecule has 1 heterocycles. The van der Waals surface area contributed by atoms with Gasteiger partial charge in [-0.3, -0.25) is 4.79 Å². The molecular weight excluding hydrogens is 415 g/mol. The smallest absolute Gasteiger partial charge is 0.251 e. The van der Waals surface area contributed by atoms with E-state index in [4.69, 9.17) is 4.74 Å². The van der Waals surface area contributed by atoms with Crippen LogP contribution in [0.1, 0.15) is 15.9 Å². The lowest BCUT2D eigenvalue weighted by Crippen LogP contribution is -2.22. The van der Waals surface area contributed by atoms with Gasteiger partial charge in [0.25, 0.3) is 5.91 Å². The fraction of sp³-hybridized carbons (Fsp3) is 0.0526. The van der Waals surface area contributed by atoms with Crippen LogP contribution in [-0.2, 0) is 6.54 Å². The number of carbonyl (C=O) groups is 1. The Kier molecular flexibility index (Phi) is 5.43. The molecule has 4 nitrogen and oxygen atoms in total. The van der Waals surface area contributed by atoms with Crippen molar-refractivity contribution >= 4 is 28.5 Å². The molecule has 0 saturated carbocycles. The number of nitrogens with one attached hydrogen (secondary N) is 1. The number of rotatable bonds is 5. The number of ether oxygens (including phenoxy) is 1. The topological polar surface area (TPSA) is 51.2 Å². The molecule has 5 heteroatoms. The molecule has 24 heavy (non-hydrogen) atoms. The number of aromatic nitrogens is 1. The molecule has 0 fully saturated rings. The molecule has 0 unspecified atom stereocenters. The molecule has 0 bridgehead atoms. The van der Waals surface area contributed by atoms with E-state index < -0.39 is 0 Å². The molecule has 1 N–H and O–H groups in total. The fourth-order valence-electron chi connectivity index (χ4n) is 2.13. The Labute approximate surface area is 154 Å². The van der Waals surface area contributed by atoms with Gasteiger partial charge < -0.3 is 10.1 Å². The van der Waals surface area contributed by atoms with E-state index in [-0.39, 0.29) is 5.91 Å². The van der Waals surface area contributed by atoms with E-state index in [0.29, 0.717) is 23.7 Å². The number of nitrogens with zero attached hydrogens (tertiary/aromatic N) is 1. The first-order valence-electron chi connectivity index (χ1n) is 7.42. The summed E-state index contributed by atoms with van der Waals surface area (Å²) in [7, 11) is 0. The monoisotopic (exact) mass is 430 g/mol. The lowest BCUT2D eigenvalue weighted by molar-refractivity contribution is 0.0951. The molecule has 0 saturated heterocycles. The van der Waals surface area contributed by atoms with E-state index >= 15 is 0 Å². The Morgan fingerprint density at radius 3 is 2.62 bits per heavy atom. The summed E-state index contributed by atoms with van der Waals surface area (Å²) in [5, 5.41) is 2.91. The average molecular weight is 430 g/mol. The first kappa shape index (κ1) is 16.4. The van der Waals surface area contributed by atoms with Crippen LogP contribution in [0.4, 0.5) is 0 Å². The highest BCUT2D eigenvalue weighted by molar-refractivity contribution is 14.1. The minimum absolute atomic E-state index is 0.0950. The summed E-state index contributed by atoms with van der Waals surface area (Å²) in [6.45, 7) is 0.435. The molecule has 3 aromatic rings. The van der Waals surface area contributed by atoms with Crippen molar-refractivity contribution in [3.63, 3.8) is 0 Å². The molecule has 0 aliphatic carbocycles. The van der Waals surface area contributed by atoms with E-state index in [1.807, 2.05) is 60.7 Å². The lowest BCUT2D eigenvalue weighted by atomic mass is 10.2. The summed E-state index contributed by atoms with van der Waals surface area (Å²) in [6.07, 6.45) is 1.68. The van der Waals surface area contributed by atoms with Gasteiger partial charge in [-0.2, -0.15) is 0 Å². The average Bonchev–Trinajstić information content (AvgIpc) is 2.61. The van der Waals surface area contributed by atoms with Gasteiger partial charge in [0.2, 0.25) is 5.88 Å². The minimum Gasteiger partial charge on any atom is -0.439 e. The Bertz CT molecular complexity index is 820. The van der Waals surface area contributed by atoms with Gasteiger partial charge in [0.15, 0.2) is 0 Å². The third-order valence-corrected chi connectivity index (χ3v) is 4.04. The zero-order chi connectivity index (χ0) is 16.8. The maximum Gasteiger partial charge on any atom is 0.251 e. The second kappa shape index (κ2) is 7.92. The highest BCUT2D eigenvalue weighted by Gasteiger charge is 2.06. The molecule has 120 valence electrons. The quantitative estimate of drug-likeness (QED) is 0.611. The molecule has 1 aromatic heterocycles. The predicted octanol–water partition coefficient (Wildman–Crippen LogP) is 4.41. The summed E-state index contributed by atoms with van der Waals surface area (Å²) < 4.78 is 6.80. The number of hydrogen-bond donors (Lipinski definition) is 1. The normalized spacial score (nSPS) is 10.2. The summed E-state index contributed by atoms with van der Waals surface area (Å²) in [6, 6.07) is 20.6. The van der Waals surface area contributed by atoms with E-state index in [0.717, 1.165) is 9.13 Å². The number of benzene rings is 2. The van der Waals surface area contributed by atoms with Gasteiger partial charge in [0, 0.05) is 27.9 Å². The summed E-state index contributed by atoms with van der Waals surface area (Å²) >= 11 is 2.21. The summed E-state index contributed by atoms with van der Waals surface area (Å²) in [5.74, 6) is 1.13. The molecule has 0 aliphatic rings. The van der Waals surface area contributed by atoms with Crippen LogP contribution in [0, 0.1) is 3.57 Å². The molecule has 3 rings (SSSR count). The van der Waals surface area contributed by atoms with Crippen LogP contribution < -0.4 is 10.1 Å². The van der Waals surface area contributed by atoms with Crippen LogP contribution in [0.3, 0.4) is 0 Å². The first-order valence-corrected chi connectivity index (χ1v) is 8.50. The largest absolute Gasteiger partial charge is 0.439 e. The zero-order valence-electron chi connectivity index (χ0n) is 12.8. The third-order valence-electron chi connectivity index (χ3n) is 3.32. The van der Waals surface area contributed by atoms with Crippen molar-refractivity contribution < 1.29 is 9.53 Å². The molecule has 0 spiro atoms. The van der Waals surface area contributed by atoms with Crippen molar-refractivity contribution in [3.8, 4) is 11.6 Å². The van der Waals surface area contributed by atoms with E-state index in [1.165, 1.54) is 0 Å². The third kappa shape index (κ3) is 4.55. The Balaban J connectivity index is 1.62. The summed E-state index contributed by atoms with van der Waals surface area (Å²) in [4.78, 5) is 16.3. The van der Waals surface area contributed by atoms with E-state index in [1.54, 1.807) is 12.3 Å². The number of hydrogen-bond acceptors (Lipinski definition) is 3. The van der Waals surface area contributed by atoms with Gasteiger partial charge in [-0.25, -0.2) is 4.98 Å². The SMILES string of the molecule is O=C(NCc1cccc(Oc2ccccn2)c1)c1ccc(I)cc1. The second-order valence-electron chi connectivity index (χ2n) is 5.11. The van der Waals surface area contributed by atoms with E-state index in [2.05, 4.69) is 32.9 Å². The second-order valence-corrected chi connectivity index (χ2v) is 6.35. The Morgan fingerprint density at radius 1 is 1.04 bits per heavy atom. The number of carbonyl (C=O) groups excluding carboxylic acids is 1. The van der Waals surface area contributed by atoms with Crippen molar-refractivity contribution in [2.75, 3.05) is 0 Å². The number of amides is 1. The first-order chi connectivity index (χ1) is 11.7. The number of pyridine rings is 1. The van der Waals surface area contributed by atoms with Crippen molar-refractivity contribution in [1.29, 1.82) is 0 Å². The van der Waals surface area contributed by atoms with Crippen LogP contribution in [0.25, 0.3) is 0 Å². The van der Waals surface area contributed by atoms with Crippen molar-refractivity contribution in [3.05, 3.63) is 87.6 Å². The van der Waals surface area contributed by atoms with Crippen molar-refractivity contribution in [2.45, 2.75) is 6.54 Å². The van der Waals surface area contributed by atoms with Gasteiger partial charge in [0.05, 0.1) is 0 Å². The lowest BCUT2D eigenvalue weighted by Gasteiger charge is -2.08. The maximum absolute atomic E-state index is 12.2. The molecule has 0 aliphatic heterocycles. The highest BCUT2D eigenvalue weighted by atomic mass is 127. The van der Waals surface area contributed by atoms with Crippen LogP contribution in [0.5, 0.6) is 11.6 Å². The van der Waals surface area contributed by atoms with Gasteiger partial charge in [-0.15, -0.1) is 0 Å².